The maximum Gasteiger partial charge on any atom is 0.308 e. The number of carbonyl (C=O) groups excluding carboxylic acids is 1. The SMILES string of the molecule is O=C(O)C1CCCN(C(=O)c2ccc3c(c2)CCO3)C1. The van der Waals surface area contributed by atoms with Gasteiger partial charge in [-0.05, 0) is 36.6 Å². The van der Waals surface area contributed by atoms with Gasteiger partial charge in [0.25, 0.3) is 5.91 Å². The Balaban J connectivity index is 1.76. The van der Waals surface area contributed by atoms with Gasteiger partial charge in [-0.2, -0.15) is 0 Å². The predicted molar refractivity (Wildman–Crippen MR) is 71.9 cm³/mol. The lowest BCUT2D eigenvalue weighted by Crippen LogP contribution is -2.42. The third-order valence-corrected chi connectivity index (χ3v) is 3.99. The molecule has 5 nitrogen and oxygen atoms in total. The van der Waals surface area contributed by atoms with E-state index in [1.54, 1.807) is 11.0 Å². The molecule has 2 aliphatic rings. The molecular formula is C15H17NO4. The lowest BCUT2D eigenvalue weighted by molar-refractivity contribution is -0.143. The van der Waals surface area contributed by atoms with Crippen molar-refractivity contribution in [2.45, 2.75) is 19.3 Å². The molecule has 1 atom stereocenters. The highest BCUT2D eigenvalue weighted by molar-refractivity contribution is 5.95. The normalized spacial score (nSPS) is 21.2. The summed E-state index contributed by atoms with van der Waals surface area (Å²) >= 11 is 0. The molecule has 1 aromatic carbocycles. The van der Waals surface area contributed by atoms with Crippen molar-refractivity contribution in [2.24, 2.45) is 5.92 Å². The second-order valence-electron chi connectivity index (χ2n) is 5.35. The third kappa shape index (κ3) is 2.35. The second-order valence-corrected chi connectivity index (χ2v) is 5.35. The molecule has 0 aliphatic carbocycles. The van der Waals surface area contributed by atoms with Gasteiger partial charge in [0, 0.05) is 25.1 Å². The third-order valence-electron chi connectivity index (χ3n) is 3.99. The Morgan fingerprint density at radius 1 is 1.35 bits per heavy atom. The molecular weight excluding hydrogens is 258 g/mol. The van der Waals surface area contributed by atoms with Gasteiger partial charge in [-0.3, -0.25) is 9.59 Å². The number of carboxylic acid groups (broad SMARTS) is 1. The van der Waals surface area contributed by atoms with E-state index in [1.165, 1.54) is 0 Å². The molecule has 0 saturated carbocycles. The van der Waals surface area contributed by atoms with Gasteiger partial charge in [0.15, 0.2) is 0 Å². The summed E-state index contributed by atoms with van der Waals surface area (Å²) in [6.45, 7) is 1.61. The van der Waals surface area contributed by atoms with Crippen molar-refractivity contribution < 1.29 is 19.4 Å². The largest absolute Gasteiger partial charge is 0.493 e. The Kier molecular flexibility index (Phi) is 3.34. The fraction of sp³-hybridized carbons (Fsp3) is 0.467. The fourth-order valence-corrected chi connectivity index (χ4v) is 2.87. The van der Waals surface area contributed by atoms with Gasteiger partial charge < -0.3 is 14.7 Å². The Bertz CT molecular complexity index is 555. The summed E-state index contributed by atoms with van der Waals surface area (Å²) in [5, 5.41) is 9.08. The van der Waals surface area contributed by atoms with Crippen LogP contribution in [0.3, 0.4) is 0 Å². The molecule has 1 saturated heterocycles. The minimum Gasteiger partial charge on any atom is -0.493 e. The van der Waals surface area contributed by atoms with Gasteiger partial charge >= 0.3 is 5.97 Å². The predicted octanol–water partition coefficient (Wildman–Crippen LogP) is 1.56. The first-order chi connectivity index (χ1) is 9.65. The van der Waals surface area contributed by atoms with E-state index in [2.05, 4.69) is 0 Å². The summed E-state index contributed by atoms with van der Waals surface area (Å²) in [6, 6.07) is 5.46. The van der Waals surface area contributed by atoms with Crippen LogP contribution < -0.4 is 4.74 Å². The Morgan fingerprint density at radius 2 is 2.20 bits per heavy atom. The van der Waals surface area contributed by atoms with E-state index in [-0.39, 0.29) is 5.91 Å². The van der Waals surface area contributed by atoms with Crippen molar-refractivity contribution in [1.29, 1.82) is 0 Å². The topological polar surface area (TPSA) is 66.8 Å². The molecule has 1 fully saturated rings. The van der Waals surface area contributed by atoms with Crippen LogP contribution in [0.4, 0.5) is 0 Å². The van der Waals surface area contributed by atoms with Crippen molar-refractivity contribution in [3.05, 3.63) is 29.3 Å². The van der Waals surface area contributed by atoms with Crippen LogP contribution in [0.1, 0.15) is 28.8 Å². The second kappa shape index (κ2) is 5.15. The molecule has 1 unspecified atom stereocenters. The molecule has 2 aliphatic heterocycles. The van der Waals surface area contributed by atoms with Crippen LogP contribution in [0.25, 0.3) is 0 Å². The van der Waals surface area contributed by atoms with Crippen molar-refractivity contribution >= 4 is 11.9 Å². The lowest BCUT2D eigenvalue weighted by atomic mass is 9.97. The minimum atomic E-state index is -0.815. The van der Waals surface area contributed by atoms with Gasteiger partial charge in [-0.15, -0.1) is 0 Å². The summed E-state index contributed by atoms with van der Waals surface area (Å²) in [5.41, 5.74) is 1.68. The molecule has 0 bridgehead atoms. The standard InChI is InChI=1S/C15H17NO4/c17-14(16-6-1-2-12(9-16)15(18)19)11-3-4-13-10(8-11)5-7-20-13/h3-4,8,12H,1-2,5-7,9H2,(H,18,19). The van der Waals surface area contributed by atoms with E-state index in [1.807, 2.05) is 12.1 Å². The van der Waals surface area contributed by atoms with E-state index in [0.717, 1.165) is 24.2 Å². The monoisotopic (exact) mass is 275 g/mol. The average Bonchev–Trinajstić information content (AvgIpc) is 2.94. The number of hydrogen-bond donors (Lipinski definition) is 1. The van der Waals surface area contributed by atoms with Gasteiger partial charge in [0.05, 0.1) is 12.5 Å². The fourth-order valence-electron chi connectivity index (χ4n) is 2.87. The molecule has 3 rings (SSSR count). The summed E-state index contributed by atoms with van der Waals surface area (Å²) < 4.78 is 5.42. The Labute approximate surface area is 117 Å². The quantitative estimate of drug-likeness (QED) is 0.889. The number of piperidine rings is 1. The molecule has 5 heteroatoms. The summed E-state index contributed by atoms with van der Waals surface area (Å²) in [7, 11) is 0. The smallest absolute Gasteiger partial charge is 0.308 e. The van der Waals surface area contributed by atoms with Crippen LogP contribution in [-0.4, -0.2) is 41.6 Å². The summed E-state index contributed by atoms with van der Waals surface area (Å²) in [5.74, 6) is -0.482. The molecule has 1 amide bonds. The molecule has 1 aromatic rings. The molecule has 0 aromatic heterocycles. The number of nitrogens with zero attached hydrogens (tertiary/aromatic N) is 1. The first kappa shape index (κ1) is 13.0. The van der Waals surface area contributed by atoms with Crippen LogP contribution in [0, 0.1) is 5.92 Å². The lowest BCUT2D eigenvalue weighted by Gasteiger charge is -2.30. The van der Waals surface area contributed by atoms with Crippen LogP contribution in [-0.2, 0) is 11.2 Å². The summed E-state index contributed by atoms with van der Waals surface area (Å²) in [4.78, 5) is 25.2. The zero-order chi connectivity index (χ0) is 14.1. The average molecular weight is 275 g/mol. The van der Waals surface area contributed by atoms with Gasteiger partial charge in [0.1, 0.15) is 5.75 Å². The van der Waals surface area contributed by atoms with Gasteiger partial charge in [-0.25, -0.2) is 0 Å². The van der Waals surface area contributed by atoms with E-state index in [4.69, 9.17) is 9.84 Å². The highest BCUT2D eigenvalue weighted by atomic mass is 16.5. The van der Waals surface area contributed by atoms with Crippen LogP contribution in [0.5, 0.6) is 5.75 Å². The number of benzene rings is 1. The Hall–Kier alpha value is -2.04. The zero-order valence-electron chi connectivity index (χ0n) is 11.2. The highest BCUT2D eigenvalue weighted by Gasteiger charge is 2.29. The van der Waals surface area contributed by atoms with Crippen LogP contribution in [0.2, 0.25) is 0 Å². The van der Waals surface area contributed by atoms with Crippen LogP contribution in [0.15, 0.2) is 18.2 Å². The first-order valence-electron chi connectivity index (χ1n) is 6.93. The first-order valence-corrected chi connectivity index (χ1v) is 6.93. The molecule has 2 heterocycles. The molecule has 1 N–H and O–H groups in total. The van der Waals surface area contributed by atoms with E-state index in [0.29, 0.717) is 31.7 Å². The van der Waals surface area contributed by atoms with Crippen molar-refractivity contribution in [3.8, 4) is 5.75 Å². The maximum atomic E-state index is 12.5. The summed E-state index contributed by atoms with van der Waals surface area (Å²) in [6.07, 6.45) is 2.22. The number of fused-ring (bicyclic) bond motifs is 1. The zero-order valence-corrected chi connectivity index (χ0v) is 11.2. The van der Waals surface area contributed by atoms with Crippen molar-refractivity contribution in [2.75, 3.05) is 19.7 Å². The van der Waals surface area contributed by atoms with Crippen molar-refractivity contribution in [3.63, 3.8) is 0 Å². The van der Waals surface area contributed by atoms with E-state index in [9.17, 15) is 9.59 Å². The van der Waals surface area contributed by atoms with Gasteiger partial charge in [0.2, 0.25) is 0 Å². The molecule has 106 valence electrons. The number of amides is 1. The highest BCUT2D eigenvalue weighted by Crippen LogP contribution is 2.27. The molecule has 0 radical (unpaired) electrons. The van der Waals surface area contributed by atoms with E-state index >= 15 is 0 Å². The number of aliphatic carboxylic acids is 1. The maximum absolute atomic E-state index is 12.5. The number of carbonyl (C=O) groups is 2. The minimum absolute atomic E-state index is 0.0781. The Morgan fingerprint density at radius 3 is 3.00 bits per heavy atom. The van der Waals surface area contributed by atoms with E-state index < -0.39 is 11.9 Å². The van der Waals surface area contributed by atoms with Crippen LogP contribution >= 0.6 is 0 Å². The van der Waals surface area contributed by atoms with Crippen molar-refractivity contribution in [1.82, 2.24) is 4.90 Å². The number of likely N-dealkylation sites (tertiary alicyclic amines) is 1. The number of carboxylic acids is 1. The number of rotatable bonds is 2. The molecule has 20 heavy (non-hydrogen) atoms. The van der Waals surface area contributed by atoms with Gasteiger partial charge in [-0.1, -0.05) is 0 Å². The number of hydrogen-bond acceptors (Lipinski definition) is 3. The number of ether oxygens (including phenoxy) is 1. The molecule has 0 spiro atoms.